The number of hydrogen-bond acceptors (Lipinski definition) is 2. The minimum atomic E-state index is -2.94. The second-order valence-electron chi connectivity index (χ2n) is 3.38. The van der Waals surface area contributed by atoms with E-state index in [0.717, 1.165) is 0 Å². The molecule has 0 aliphatic carbocycles. The standard InChI is InChI=1S/C7H13F2NO/c1-5-3-10(2)4-7(8,9)6(5)11/h5-6,11H,3-4H2,1-2H3/t5-,6-/m0/s1. The van der Waals surface area contributed by atoms with Crippen LogP contribution in [0, 0.1) is 5.92 Å². The van der Waals surface area contributed by atoms with Gasteiger partial charge >= 0.3 is 0 Å². The van der Waals surface area contributed by atoms with E-state index < -0.39 is 12.0 Å². The van der Waals surface area contributed by atoms with Crippen molar-refractivity contribution in [2.75, 3.05) is 20.1 Å². The van der Waals surface area contributed by atoms with Crippen LogP contribution in [0.2, 0.25) is 0 Å². The molecular formula is C7H13F2NO. The maximum atomic E-state index is 12.8. The van der Waals surface area contributed by atoms with E-state index in [1.54, 1.807) is 14.0 Å². The number of alkyl halides is 2. The summed E-state index contributed by atoms with van der Waals surface area (Å²) in [6, 6.07) is 0. The Morgan fingerprint density at radius 3 is 2.55 bits per heavy atom. The van der Waals surface area contributed by atoms with E-state index in [4.69, 9.17) is 5.11 Å². The second-order valence-corrected chi connectivity index (χ2v) is 3.38. The molecule has 0 bridgehead atoms. The van der Waals surface area contributed by atoms with Crippen molar-refractivity contribution in [2.45, 2.75) is 19.0 Å². The molecule has 11 heavy (non-hydrogen) atoms. The number of halogens is 2. The van der Waals surface area contributed by atoms with Crippen molar-refractivity contribution in [2.24, 2.45) is 5.92 Å². The van der Waals surface area contributed by atoms with Crippen LogP contribution in [0.3, 0.4) is 0 Å². The molecule has 0 aromatic heterocycles. The van der Waals surface area contributed by atoms with Crippen LogP contribution >= 0.6 is 0 Å². The third kappa shape index (κ3) is 1.68. The zero-order valence-corrected chi connectivity index (χ0v) is 6.72. The van der Waals surface area contributed by atoms with Gasteiger partial charge in [-0.1, -0.05) is 6.92 Å². The van der Waals surface area contributed by atoms with E-state index in [0.29, 0.717) is 6.54 Å². The van der Waals surface area contributed by atoms with Gasteiger partial charge < -0.3 is 10.0 Å². The molecule has 4 heteroatoms. The molecule has 2 nitrogen and oxygen atoms in total. The molecule has 0 aromatic rings. The van der Waals surface area contributed by atoms with Crippen molar-refractivity contribution >= 4 is 0 Å². The Labute approximate surface area is 64.8 Å². The van der Waals surface area contributed by atoms with E-state index >= 15 is 0 Å². The molecule has 0 radical (unpaired) electrons. The largest absolute Gasteiger partial charge is 0.386 e. The van der Waals surface area contributed by atoms with E-state index in [9.17, 15) is 8.78 Å². The van der Waals surface area contributed by atoms with Gasteiger partial charge in [0.25, 0.3) is 5.92 Å². The molecule has 0 aromatic carbocycles. The van der Waals surface area contributed by atoms with Gasteiger partial charge in [-0.05, 0) is 7.05 Å². The van der Waals surface area contributed by atoms with Crippen LogP contribution < -0.4 is 0 Å². The zero-order valence-electron chi connectivity index (χ0n) is 6.72. The molecule has 0 saturated carbocycles. The molecule has 1 fully saturated rings. The van der Waals surface area contributed by atoms with Gasteiger partial charge in [0.05, 0.1) is 6.54 Å². The summed E-state index contributed by atoms with van der Waals surface area (Å²) >= 11 is 0. The van der Waals surface area contributed by atoms with Gasteiger partial charge in [0.15, 0.2) is 0 Å². The van der Waals surface area contributed by atoms with Crippen LogP contribution in [0.4, 0.5) is 8.78 Å². The number of aliphatic hydroxyl groups is 1. The lowest BCUT2D eigenvalue weighted by Crippen LogP contribution is -2.54. The number of aliphatic hydroxyl groups excluding tert-OH is 1. The summed E-state index contributed by atoms with van der Waals surface area (Å²) in [5.74, 6) is -3.28. The number of hydrogen-bond donors (Lipinski definition) is 1. The highest BCUT2D eigenvalue weighted by Gasteiger charge is 2.46. The molecule has 0 spiro atoms. The highest BCUT2D eigenvalue weighted by atomic mass is 19.3. The maximum absolute atomic E-state index is 12.8. The molecule has 1 heterocycles. The molecule has 66 valence electrons. The molecule has 0 unspecified atom stereocenters. The lowest BCUT2D eigenvalue weighted by molar-refractivity contribution is -0.167. The Balaban J connectivity index is 2.67. The first-order valence-corrected chi connectivity index (χ1v) is 3.68. The molecule has 2 atom stereocenters. The third-order valence-electron chi connectivity index (χ3n) is 2.05. The van der Waals surface area contributed by atoms with Gasteiger partial charge in [-0.3, -0.25) is 0 Å². The van der Waals surface area contributed by atoms with Crippen molar-refractivity contribution in [1.29, 1.82) is 0 Å². The van der Waals surface area contributed by atoms with Crippen LogP contribution in [0.25, 0.3) is 0 Å². The summed E-state index contributed by atoms with van der Waals surface area (Å²) in [6.07, 6.45) is -1.47. The van der Waals surface area contributed by atoms with Gasteiger partial charge in [-0.2, -0.15) is 0 Å². The maximum Gasteiger partial charge on any atom is 0.286 e. The number of rotatable bonds is 0. The van der Waals surface area contributed by atoms with Gasteiger partial charge in [-0.25, -0.2) is 8.78 Å². The van der Waals surface area contributed by atoms with E-state index in [1.165, 1.54) is 4.90 Å². The number of piperidine rings is 1. The minimum Gasteiger partial charge on any atom is -0.386 e. The average molecular weight is 165 g/mol. The fourth-order valence-corrected chi connectivity index (χ4v) is 1.53. The normalized spacial score (nSPS) is 39.0. The molecule has 1 N–H and O–H groups in total. The summed E-state index contributed by atoms with van der Waals surface area (Å²) in [5.41, 5.74) is 0. The lowest BCUT2D eigenvalue weighted by Gasteiger charge is -2.37. The average Bonchev–Trinajstić information content (AvgIpc) is 1.81. The van der Waals surface area contributed by atoms with Crippen LogP contribution in [0.5, 0.6) is 0 Å². The van der Waals surface area contributed by atoms with Crippen LogP contribution in [-0.2, 0) is 0 Å². The summed E-state index contributed by atoms with van der Waals surface area (Å²) in [5, 5.41) is 9.05. The van der Waals surface area contributed by atoms with Gasteiger partial charge in [0, 0.05) is 12.5 Å². The van der Waals surface area contributed by atoms with Crippen LogP contribution in [0.1, 0.15) is 6.92 Å². The zero-order chi connectivity index (χ0) is 8.65. The fraction of sp³-hybridized carbons (Fsp3) is 1.00. The second kappa shape index (κ2) is 2.68. The molecule has 1 aliphatic rings. The first-order chi connectivity index (χ1) is 4.93. The molecule has 1 aliphatic heterocycles. The predicted molar refractivity (Wildman–Crippen MR) is 37.6 cm³/mol. The Kier molecular flexibility index (Phi) is 2.16. The Morgan fingerprint density at radius 1 is 1.55 bits per heavy atom. The van der Waals surface area contributed by atoms with E-state index in [-0.39, 0.29) is 12.5 Å². The lowest BCUT2D eigenvalue weighted by atomic mass is 9.94. The molecule has 1 rings (SSSR count). The molecular weight excluding hydrogens is 152 g/mol. The van der Waals surface area contributed by atoms with Crippen molar-refractivity contribution in [3.8, 4) is 0 Å². The first kappa shape index (κ1) is 8.87. The summed E-state index contributed by atoms with van der Waals surface area (Å²) in [7, 11) is 1.64. The predicted octanol–water partition coefficient (Wildman–Crippen LogP) is 0.564. The molecule has 1 saturated heterocycles. The van der Waals surface area contributed by atoms with Gasteiger partial charge in [0.2, 0.25) is 0 Å². The topological polar surface area (TPSA) is 23.5 Å². The minimum absolute atomic E-state index is 0.335. The summed E-state index contributed by atoms with van der Waals surface area (Å²) in [4.78, 5) is 1.54. The first-order valence-electron chi connectivity index (χ1n) is 3.68. The smallest absolute Gasteiger partial charge is 0.286 e. The van der Waals surface area contributed by atoms with Crippen molar-refractivity contribution in [3.05, 3.63) is 0 Å². The number of likely N-dealkylation sites (tertiary alicyclic amines) is 1. The summed E-state index contributed by atoms with van der Waals surface area (Å²) in [6.45, 7) is 1.84. The molecule has 0 amide bonds. The van der Waals surface area contributed by atoms with Gasteiger partial charge in [0.1, 0.15) is 6.10 Å². The Morgan fingerprint density at radius 2 is 2.09 bits per heavy atom. The van der Waals surface area contributed by atoms with E-state index in [1.807, 2.05) is 0 Å². The summed E-state index contributed by atoms with van der Waals surface area (Å²) < 4.78 is 25.6. The van der Waals surface area contributed by atoms with Crippen LogP contribution in [-0.4, -0.2) is 42.2 Å². The van der Waals surface area contributed by atoms with E-state index in [2.05, 4.69) is 0 Å². The highest BCUT2D eigenvalue weighted by Crippen LogP contribution is 2.29. The van der Waals surface area contributed by atoms with Crippen LogP contribution in [0.15, 0.2) is 0 Å². The monoisotopic (exact) mass is 165 g/mol. The quantitative estimate of drug-likeness (QED) is 0.567. The van der Waals surface area contributed by atoms with Crippen molar-refractivity contribution < 1.29 is 13.9 Å². The van der Waals surface area contributed by atoms with Gasteiger partial charge in [-0.15, -0.1) is 0 Å². The third-order valence-corrected chi connectivity index (χ3v) is 2.05. The van der Waals surface area contributed by atoms with Crippen molar-refractivity contribution in [1.82, 2.24) is 4.90 Å². The van der Waals surface area contributed by atoms with Crippen molar-refractivity contribution in [3.63, 3.8) is 0 Å². The fourth-order valence-electron chi connectivity index (χ4n) is 1.53. The Hall–Kier alpha value is -0.220. The highest BCUT2D eigenvalue weighted by molar-refractivity contribution is 4.89. The SMILES string of the molecule is C[C@H]1CN(C)CC(F)(F)[C@H]1O. The Bertz CT molecular complexity index is 151. The number of nitrogens with zero attached hydrogens (tertiary/aromatic N) is 1.